The lowest BCUT2D eigenvalue weighted by atomic mass is 9.57. The molecule has 1 aromatic heterocycles. The standard InChI is InChI=1S/C33H37N5O5/c1-3-23-24-14-15-25-26(30(41)37(2)28(25)39)27(24)33(17-20-9-5-4-6-10-20,31(42)35-18-21-12-13-21)38(29(23)40)32(43)36-19-22-11-7-8-16-34-22/h4-11,16,21,25-27H,3,12-15,17-19H2,1-2H3,(H,35,42)(H,36,43)/t25-,26-,27+,33+/m1/s1. The Kier molecular flexibility index (Phi) is 7.62. The molecule has 0 radical (unpaired) electrons. The number of amides is 6. The minimum Gasteiger partial charge on any atom is -0.354 e. The van der Waals surface area contributed by atoms with Crippen molar-refractivity contribution in [1.82, 2.24) is 25.4 Å². The van der Waals surface area contributed by atoms with Gasteiger partial charge in [0, 0.05) is 37.7 Å². The summed E-state index contributed by atoms with van der Waals surface area (Å²) in [6.07, 6.45) is 4.76. The number of carbonyl (C=O) groups is 5. The molecule has 3 fully saturated rings. The summed E-state index contributed by atoms with van der Waals surface area (Å²) in [6.45, 7) is 2.31. The molecule has 6 rings (SSSR count). The van der Waals surface area contributed by atoms with Crippen LogP contribution in [0.25, 0.3) is 0 Å². The molecule has 1 aromatic carbocycles. The van der Waals surface area contributed by atoms with Crippen LogP contribution in [0.5, 0.6) is 0 Å². The molecule has 2 aromatic rings. The van der Waals surface area contributed by atoms with Gasteiger partial charge in [-0.05, 0) is 55.7 Å². The second-order valence-corrected chi connectivity index (χ2v) is 12.1. The first-order valence-corrected chi connectivity index (χ1v) is 15.2. The highest BCUT2D eigenvalue weighted by atomic mass is 16.2. The number of urea groups is 1. The number of hydrogen-bond donors (Lipinski definition) is 2. The maximum Gasteiger partial charge on any atom is 0.325 e. The Labute approximate surface area is 250 Å². The summed E-state index contributed by atoms with van der Waals surface area (Å²) in [6, 6.07) is 13.9. The van der Waals surface area contributed by atoms with Crippen LogP contribution < -0.4 is 10.6 Å². The monoisotopic (exact) mass is 583 g/mol. The van der Waals surface area contributed by atoms with Gasteiger partial charge in [0.1, 0.15) is 5.54 Å². The van der Waals surface area contributed by atoms with Crippen LogP contribution >= 0.6 is 0 Å². The van der Waals surface area contributed by atoms with E-state index in [9.17, 15) is 24.0 Å². The van der Waals surface area contributed by atoms with E-state index in [1.54, 1.807) is 24.4 Å². The fraction of sp³-hybridized carbons (Fsp3) is 0.455. The van der Waals surface area contributed by atoms with Crippen molar-refractivity contribution in [3.05, 3.63) is 77.1 Å². The molecular weight excluding hydrogens is 546 g/mol. The molecule has 2 aliphatic carbocycles. The summed E-state index contributed by atoms with van der Waals surface area (Å²) in [5.41, 5.74) is 0.711. The molecule has 4 atom stereocenters. The molecule has 2 saturated carbocycles. The minimum absolute atomic E-state index is 0.00660. The van der Waals surface area contributed by atoms with Crippen molar-refractivity contribution >= 4 is 29.7 Å². The van der Waals surface area contributed by atoms with Crippen LogP contribution in [0.15, 0.2) is 65.9 Å². The fourth-order valence-electron chi connectivity index (χ4n) is 7.32. The van der Waals surface area contributed by atoms with Crippen molar-refractivity contribution < 1.29 is 24.0 Å². The third-order valence-electron chi connectivity index (χ3n) is 9.58. The first-order valence-electron chi connectivity index (χ1n) is 15.2. The Morgan fingerprint density at radius 2 is 1.72 bits per heavy atom. The van der Waals surface area contributed by atoms with E-state index in [0.717, 1.165) is 33.8 Å². The van der Waals surface area contributed by atoms with Crippen molar-refractivity contribution in [1.29, 1.82) is 0 Å². The number of likely N-dealkylation sites (tertiary alicyclic amines) is 1. The number of imide groups is 2. The number of pyridine rings is 1. The average molecular weight is 584 g/mol. The molecule has 0 unspecified atom stereocenters. The van der Waals surface area contributed by atoms with E-state index in [4.69, 9.17) is 0 Å². The number of nitrogens with zero attached hydrogens (tertiary/aromatic N) is 3. The Hall–Kier alpha value is -4.34. The van der Waals surface area contributed by atoms with Gasteiger partial charge >= 0.3 is 6.03 Å². The maximum atomic E-state index is 14.8. The predicted octanol–water partition coefficient (Wildman–Crippen LogP) is 2.99. The van der Waals surface area contributed by atoms with Gasteiger partial charge in [0.25, 0.3) is 5.91 Å². The van der Waals surface area contributed by atoms with Crippen LogP contribution in [-0.4, -0.2) is 63.6 Å². The molecular formula is C33H37N5O5. The van der Waals surface area contributed by atoms with Crippen molar-refractivity contribution in [2.75, 3.05) is 13.6 Å². The Bertz CT molecular complexity index is 1490. The smallest absolute Gasteiger partial charge is 0.325 e. The second-order valence-electron chi connectivity index (χ2n) is 12.1. The van der Waals surface area contributed by atoms with E-state index in [1.165, 1.54) is 7.05 Å². The summed E-state index contributed by atoms with van der Waals surface area (Å²) >= 11 is 0. The summed E-state index contributed by atoms with van der Waals surface area (Å²) in [5.74, 6) is -3.65. The van der Waals surface area contributed by atoms with Gasteiger partial charge in [0.2, 0.25) is 17.7 Å². The van der Waals surface area contributed by atoms with Gasteiger partial charge in [-0.1, -0.05) is 48.9 Å². The zero-order chi connectivity index (χ0) is 30.3. The zero-order valence-electron chi connectivity index (χ0n) is 24.5. The topological polar surface area (TPSA) is 129 Å². The van der Waals surface area contributed by atoms with Gasteiger partial charge in [0.05, 0.1) is 24.1 Å². The summed E-state index contributed by atoms with van der Waals surface area (Å²) in [7, 11) is 1.48. The number of fused-ring (bicyclic) bond motifs is 3. The second kappa shape index (κ2) is 11.4. The molecule has 43 heavy (non-hydrogen) atoms. The highest BCUT2D eigenvalue weighted by Crippen LogP contribution is 2.55. The van der Waals surface area contributed by atoms with Gasteiger partial charge in [-0.2, -0.15) is 0 Å². The highest BCUT2D eigenvalue weighted by Gasteiger charge is 2.67. The Morgan fingerprint density at radius 3 is 2.40 bits per heavy atom. The minimum atomic E-state index is -1.78. The van der Waals surface area contributed by atoms with Crippen molar-refractivity contribution in [2.24, 2.45) is 23.7 Å². The van der Waals surface area contributed by atoms with Crippen LogP contribution in [0.1, 0.15) is 50.3 Å². The van der Waals surface area contributed by atoms with Crippen LogP contribution in [0.3, 0.4) is 0 Å². The molecule has 3 heterocycles. The number of hydrogen-bond acceptors (Lipinski definition) is 6. The first kappa shape index (κ1) is 28.8. The summed E-state index contributed by atoms with van der Waals surface area (Å²) < 4.78 is 0. The number of nitrogens with one attached hydrogen (secondary N) is 2. The van der Waals surface area contributed by atoms with E-state index in [-0.39, 0.29) is 24.8 Å². The molecule has 224 valence electrons. The molecule has 10 nitrogen and oxygen atoms in total. The van der Waals surface area contributed by atoms with Gasteiger partial charge in [-0.25, -0.2) is 9.69 Å². The SMILES string of the molecule is CCC1=C2CC[C@H]3C(=O)N(C)C(=O)[C@H]3[C@H]2[C@@](Cc2ccccc2)(C(=O)NCC2CC2)N(C(=O)NCc2ccccn2)C1=O. The molecule has 4 aliphatic rings. The van der Waals surface area contributed by atoms with Crippen LogP contribution in [-0.2, 0) is 32.1 Å². The molecule has 10 heteroatoms. The zero-order valence-corrected chi connectivity index (χ0v) is 24.5. The van der Waals surface area contributed by atoms with Gasteiger partial charge in [0.15, 0.2) is 0 Å². The third-order valence-corrected chi connectivity index (χ3v) is 9.58. The quantitative estimate of drug-likeness (QED) is 0.460. The highest BCUT2D eigenvalue weighted by molar-refractivity contribution is 6.12. The lowest BCUT2D eigenvalue weighted by Gasteiger charge is -2.54. The predicted molar refractivity (Wildman–Crippen MR) is 157 cm³/mol. The van der Waals surface area contributed by atoms with E-state index in [1.807, 2.05) is 37.3 Å². The first-order chi connectivity index (χ1) is 20.8. The third kappa shape index (κ3) is 4.92. The number of benzene rings is 1. The number of aromatic nitrogens is 1. The van der Waals surface area contributed by atoms with Gasteiger partial charge in [-0.15, -0.1) is 0 Å². The molecule has 1 saturated heterocycles. The van der Waals surface area contributed by atoms with Crippen LogP contribution in [0.4, 0.5) is 4.79 Å². The molecule has 2 aliphatic heterocycles. The van der Waals surface area contributed by atoms with Crippen molar-refractivity contribution in [3.63, 3.8) is 0 Å². The van der Waals surface area contributed by atoms with Gasteiger partial charge in [-0.3, -0.25) is 29.1 Å². The van der Waals surface area contributed by atoms with E-state index in [2.05, 4.69) is 15.6 Å². The Morgan fingerprint density at radius 1 is 0.977 bits per heavy atom. The lowest BCUT2D eigenvalue weighted by Crippen LogP contribution is -2.73. The number of rotatable bonds is 8. The fourth-order valence-corrected chi connectivity index (χ4v) is 7.32. The van der Waals surface area contributed by atoms with Crippen LogP contribution in [0, 0.1) is 23.7 Å². The maximum absolute atomic E-state index is 14.8. The molecule has 6 amide bonds. The normalized spacial score (nSPS) is 26.7. The summed E-state index contributed by atoms with van der Waals surface area (Å²) in [5, 5.41) is 5.92. The molecule has 0 spiro atoms. The number of carbonyl (C=O) groups excluding carboxylic acids is 5. The Balaban J connectivity index is 1.54. The van der Waals surface area contributed by atoms with E-state index < -0.39 is 41.1 Å². The van der Waals surface area contributed by atoms with Crippen LogP contribution in [0.2, 0.25) is 0 Å². The van der Waals surface area contributed by atoms with Crippen molar-refractivity contribution in [3.8, 4) is 0 Å². The average Bonchev–Trinajstić information content (AvgIpc) is 3.83. The molecule has 2 N–H and O–H groups in total. The summed E-state index contributed by atoms with van der Waals surface area (Å²) in [4.78, 5) is 77.2. The van der Waals surface area contributed by atoms with E-state index >= 15 is 0 Å². The van der Waals surface area contributed by atoms with Crippen molar-refractivity contribution in [2.45, 2.75) is 57.5 Å². The molecule has 0 bridgehead atoms. The lowest BCUT2D eigenvalue weighted by molar-refractivity contribution is -0.151. The van der Waals surface area contributed by atoms with E-state index in [0.29, 0.717) is 43.0 Å². The largest absolute Gasteiger partial charge is 0.354 e. The van der Waals surface area contributed by atoms with Gasteiger partial charge < -0.3 is 10.6 Å².